The van der Waals surface area contributed by atoms with Crippen molar-refractivity contribution in [1.82, 2.24) is 10.4 Å². The van der Waals surface area contributed by atoms with Crippen molar-refractivity contribution >= 4 is 0 Å². The zero-order valence-electron chi connectivity index (χ0n) is 11.8. The van der Waals surface area contributed by atoms with Crippen LogP contribution in [0.3, 0.4) is 0 Å². The molecule has 2 nitrogen and oxygen atoms in total. The van der Waals surface area contributed by atoms with Crippen molar-refractivity contribution in [3.05, 3.63) is 0 Å². The van der Waals surface area contributed by atoms with Gasteiger partial charge in [-0.3, -0.25) is 5.43 Å². The Morgan fingerprint density at radius 3 is 2.53 bits per heavy atom. The highest BCUT2D eigenvalue weighted by atomic mass is 15.5. The fourth-order valence-electron chi connectivity index (χ4n) is 3.63. The van der Waals surface area contributed by atoms with Gasteiger partial charge in [0, 0.05) is 18.6 Å². The van der Waals surface area contributed by atoms with Gasteiger partial charge in [0.15, 0.2) is 0 Å². The van der Waals surface area contributed by atoms with Crippen LogP contribution in [0.1, 0.15) is 71.6 Å². The van der Waals surface area contributed by atoms with E-state index < -0.39 is 0 Å². The minimum atomic E-state index is 0.741. The molecule has 1 aliphatic carbocycles. The Bertz CT molecular complexity index is 209. The normalized spacial score (nSPS) is 32.8. The van der Waals surface area contributed by atoms with E-state index in [2.05, 4.69) is 24.3 Å². The van der Waals surface area contributed by atoms with Crippen LogP contribution in [-0.4, -0.2) is 23.6 Å². The molecule has 2 aliphatic rings. The molecular formula is C15H30N2. The molecule has 1 N–H and O–H groups in total. The summed E-state index contributed by atoms with van der Waals surface area (Å²) in [6, 6.07) is 1.51. The number of hydrogen-bond acceptors (Lipinski definition) is 2. The molecule has 0 spiro atoms. The summed E-state index contributed by atoms with van der Waals surface area (Å²) in [6.07, 6.45) is 12.7. The van der Waals surface area contributed by atoms with E-state index in [1.807, 2.05) is 0 Å². The van der Waals surface area contributed by atoms with Crippen molar-refractivity contribution in [3.8, 4) is 0 Å². The lowest BCUT2D eigenvalue weighted by Gasteiger charge is -2.42. The van der Waals surface area contributed by atoms with Gasteiger partial charge < -0.3 is 0 Å². The summed E-state index contributed by atoms with van der Waals surface area (Å²) in [5, 5.41) is 2.57. The molecule has 0 aromatic rings. The maximum Gasteiger partial charge on any atom is 0.0243 e. The zero-order valence-corrected chi connectivity index (χ0v) is 11.8. The second-order valence-corrected chi connectivity index (χ2v) is 6.09. The fourth-order valence-corrected chi connectivity index (χ4v) is 3.63. The van der Waals surface area contributed by atoms with Crippen LogP contribution in [0.4, 0.5) is 0 Å². The molecule has 0 aromatic heterocycles. The van der Waals surface area contributed by atoms with E-state index in [-0.39, 0.29) is 0 Å². The van der Waals surface area contributed by atoms with Crippen molar-refractivity contribution in [2.75, 3.05) is 6.54 Å². The molecule has 0 radical (unpaired) electrons. The summed E-state index contributed by atoms with van der Waals surface area (Å²) in [5.74, 6) is 0.921. The van der Waals surface area contributed by atoms with Crippen LogP contribution in [0.25, 0.3) is 0 Å². The lowest BCUT2D eigenvalue weighted by atomic mass is 9.87. The molecular weight excluding hydrogens is 208 g/mol. The molecule has 17 heavy (non-hydrogen) atoms. The van der Waals surface area contributed by atoms with E-state index in [1.54, 1.807) is 0 Å². The van der Waals surface area contributed by atoms with Crippen molar-refractivity contribution in [3.63, 3.8) is 0 Å². The number of piperidine rings is 1. The monoisotopic (exact) mass is 238 g/mol. The summed E-state index contributed by atoms with van der Waals surface area (Å²) < 4.78 is 0. The Balaban J connectivity index is 1.81. The number of nitrogens with one attached hydrogen (secondary N) is 1. The quantitative estimate of drug-likeness (QED) is 0.803. The first kappa shape index (κ1) is 13.4. The van der Waals surface area contributed by atoms with Crippen LogP contribution in [0.5, 0.6) is 0 Å². The van der Waals surface area contributed by atoms with Crippen molar-refractivity contribution in [1.29, 1.82) is 0 Å². The van der Waals surface area contributed by atoms with Crippen LogP contribution >= 0.6 is 0 Å². The lowest BCUT2D eigenvalue weighted by Crippen LogP contribution is -2.54. The number of rotatable bonds is 4. The van der Waals surface area contributed by atoms with Crippen molar-refractivity contribution in [2.24, 2.45) is 5.92 Å². The number of hydrazine groups is 1. The molecule has 2 atom stereocenters. The first-order valence-electron chi connectivity index (χ1n) is 7.84. The molecule has 2 fully saturated rings. The predicted octanol–water partition coefficient (Wildman–Crippen LogP) is 3.72. The smallest absolute Gasteiger partial charge is 0.0243 e. The molecule has 2 heteroatoms. The van der Waals surface area contributed by atoms with Gasteiger partial charge in [0.25, 0.3) is 0 Å². The standard InChI is InChI=1S/C15H30N2/c1-3-8-14-9-7-12-17(13(14)2)16-15-10-5-4-6-11-15/h13-16H,3-12H2,1-2H3. The van der Waals surface area contributed by atoms with Crippen LogP contribution in [-0.2, 0) is 0 Å². The minimum Gasteiger partial charge on any atom is -0.252 e. The Morgan fingerprint density at radius 1 is 1.06 bits per heavy atom. The number of nitrogens with zero attached hydrogens (tertiary/aromatic N) is 1. The Morgan fingerprint density at radius 2 is 1.82 bits per heavy atom. The van der Waals surface area contributed by atoms with Gasteiger partial charge >= 0.3 is 0 Å². The maximum absolute atomic E-state index is 3.83. The lowest BCUT2D eigenvalue weighted by molar-refractivity contribution is 0.0282. The van der Waals surface area contributed by atoms with E-state index in [0.717, 1.165) is 18.0 Å². The van der Waals surface area contributed by atoms with E-state index in [9.17, 15) is 0 Å². The highest BCUT2D eigenvalue weighted by Crippen LogP contribution is 2.27. The molecule has 1 aliphatic heterocycles. The van der Waals surface area contributed by atoms with Crippen LogP contribution in [0.2, 0.25) is 0 Å². The third-order valence-electron chi connectivity index (χ3n) is 4.76. The molecule has 1 saturated carbocycles. The number of hydrogen-bond donors (Lipinski definition) is 1. The Kier molecular flexibility index (Phi) is 5.30. The van der Waals surface area contributed by atoms with E-state index in [4.69, 9.17) is 0 Å². The summed E-state index contributed by atoms with van der Waals surface area (Å²) in [5.41, 5.74) is 3.83. The molecule has 2 unspecified atom stereocenters. The molecule has 2 rings (SSSR count). The first-order valence-corrected chi connectivity index (χ1v) is 7.84. The fraction of sp³-hybridized carbons (Fsp3) is 1.00. The maximum atomic E-state index is 3.83. The molecule has 1 saturated heterocycles. The van der Waals surface area contributed by atoms with Gasteiger partial charge in [-0.05, 0) is 44.9 Å². The first-order chi connectivity index (χ1) is 8.31. The third-order valence-corrected chi connectivity index (χ3v) is 4.76. The zero-order chi connectivity index (χ0) is 12.1. The van der Waals surface area contributed by atoms with Crippen molar-refractivity contribution in [2.45, 2.75) is 83.7 Å². The predicted molar refractivity (Wildman–Crippen MR) is 73.8 cm³/mol. The van der Waals surface area contributed by atoms with E-state index in [1.165, 1.54) is 64.3 Å². The average Bonchev–Trinajstić information content (AvgIpc) is 2.36. The van der Waals surface area contributed by atoms with Gasteiger partial charge in [-0.15, -0.1) is 0 Å². The van der Waals surface area contributed by atoms with Gasteiger partial charge in [-0.2, -0.15) is 0 Å². The SMILES string of the molecule is CCCC1CCCN(NC2CCCCC2)C1C. The average molecular weight is 238 g/mol. The topological polar surface area (TPSA) is 15.3 Å². The van der Waals surface area contributed by atoms with Crippen LogP contribution < -0.4 is 5.43 Å². The molecule has 0 aromatic carbocycles. The van der Waals surface area contributed by atoms with Gasteiger partial charge in [0.1, 0.15) is 0 Å². The second kappa shape index (κ2) is 6.75. The Labute approximate surface area is 107 Å². The van der Waals surface area contributed by atoms with Crippen LogP contribution in [0, 0.1) is 5.92 Å². The van der Waals surface area contributed by atoms with E-state index >= 15 is 0 Å². The molecule has 0 bridgehead atoms. The summed E-state index contributed by atoms with van der Waals surface area (Å²) >= 11 is 0. The van der Waals surface area contributed by atoms with E-state index in [0.29, 0.717) is 0 Å². The molecule has 1 heterocycles. The van der Waals surface area contributed by atoms with Gasteiger partial charge in [-0.25, -0.2) is 5.01 Å². The van der Waals surface area contributed by atoms with Crippen molar-refractivity contribution < 1.29 is 0 Å². The van der Waals surface area contributed by atoms with Gasteiger partial charge in [-0.1, -0.05) is 32.6 Å². The summed E-state index contributed by atoms with van der Waals surface area (Å²) in [7, 11) is 0. The van der Waals surface area contributed by atoms with Gasteiger partial charge in [0.2, 0.25) is 0 Å². The van der Waals surface area contributed by atoms with Crippen LogP contribution in [0.15, 0.2) is 0 Å². The Hall–Kier alpha value is -0.0800. The molecule has 0 amide bonds. The largest absolute Gasteiger partial charge is 0.252 e. The second-order valence-electron chi connectivity index (χ2n) is 6.09. The summed E-state index contributed by atoms with van der Waals surface area (Å²) in [6.45, 7) is 6.01. The highest BCUT2D eigenvalue weighted by molar-refractivity contribution is 4.81. The van der Waals surface area contributed by atoms with Gasteiger partial charge in [0.05, 0.1) is 0 Å². The minimum absolute atomic E-state index is 0.741. The summed E-state index contributed by atoms with van der Waals surface area (Å²) in [4.78, 5) is 0. The highest BCUT2D eigenvalue weighted by Gasteiger charge is 2.28. The third kappa shape index (κ3) is 3.69. The molecule has 100 valence electrons.